The Hall–Kier alpha value is -2.15. The van der Waals surface area contributed by atoms with Crippen molar-refractivity contribution in [3.63, 3.8) is 0 Å². The molecule has 0 saturated carbocycles. The molecule has 0 aromatic heterocycles. The molecule has 0 aliphatic heterocycles. The maximum atomic E-state index is 13.6. The van der Waals surface area contributed by atoms with Gasteiger partial charge in [0.25, 0.3) is 0 Å². The van der Waals surface area contributed by atoms with Gasteiger partial charge < -0.3 is 10.5 Å². The van der Waals surface area contributed by atoms with Crippen LogP contribution in [-0.2, 0) is 15.6 Å². The molecule has 0 fully saturated rings. The Kier molecular flexibility index (Phi) is 4.13. The molecule has 4 nitrogen and oxygen atoms in total. The second-order valence-corrected chi connectivity index (χ2v) is 6.36. The lowest BCUT2D eigenvalue weighted by Crippen LogP contribution is -2.08. The van der Waals surface area contributed by atoms with Gasteiger partial charge in [0.15, 0.2) is 9.84 Å². The predicted octanol–water partition coefficient (Wildman–Crippen LogP) is 2.53. The Balaban J connectivity index is 2.43. The van der Waals surface area contributed by atoms with Crippen LogP contribution in [0.15, 0.2) is 41.3 Å². The summed E-state index contributed by atoms with van der Waals surface area (Å²) in [5, 5.41) is 0. The highest BCUT2D eigenvalue weighted by atomic mass is 32.2. The number of ether oxygens (including phenoxy) is 1. The third kappa shape index (κ3) is 3.30. The largest absolute Gasteiger partial charge is 0.495 e. The molecular formula is C14H13F2NO3S. The second kappa shape index (κ2) is 5.69. The van der Waals surface area contributed by atoms with Crippen molar-refractivity contribution >= 4 is 15.5 Å². The van der Waals surface area contributed by atoms with E-state index in [-0.39, 0.29) is 16.2 Å². The highest BCUT2D eigenvalue weighted by Gasteiger charge is 2.22. The number of nitrogen functional groups attached to an aromatic ring is 1. The van der Waals surface area contributed by atoms with E-state index < -0.39 is 27.2 Å². The molecule has 0 heterocycles. The summed E-state index contributed by atoms with van der Waals surface area (Å²) in [6.45, 7) is 0. The van der Waals surface area contributed by atoms with Crippen LogP contribution in [0.1, 0.15) is 5.56 Å². The number of halogens is 2. The molecule has 0 unspecified atom stereocenters. The van der Waals surface area contributed by atoms with E-state index in [9.17, 15) is 17.2 Å². The maximum Gasteiger partial charge on any atom is 0.186 e. The molecule has 0 amide bonds. The number of rotatable bonds is 4. The van der Waals surface area contributed by atoms with Crippen molar-refractivity contribution in [2.45, 2.75) is 10.6 Å². The Labute approximate surface area is 121 Å². The summed E-state index contributed by atoms with van der Waals surface area (Å²) in [4.78, 5) is -0.0945. The summed E-state index contributed by atoms with van der Waals surface area (Å²) in [5.74, 6) is -2.19. The first-order chi connectivity index (χ1) is 9.83. The van der Waals surface area contributed by atoms with E-state index in [1.54, 1.807) is 0 Å². The van der Waals surface area contributed by atoms with Crippen LogP contribution in [-0.4, -0.2) is 15.5 Å². The van der Waals surface area contributed by atoms with Crippen LogP contribution in [0.2, 0.25) is 0 Å². The molecule has 0 spiro atoms. The molecule has 2 N–H and O–H groups in total. The average molecular weight is 313 g/mol. The molecule has 0 atom stereocenters. The number of anilines is 1. The van der Waals surface area contributed by atoms with Gasteiger partial charge in [-0.1, -0.05) is 6.07 Å². The first kappa shape index (κ1) is 15.2. The molecule has 0 aliphatic carbocycles. The normalized spacial score (nSPS) is 11.4. The molecule has 2 aromatic rings. The van der Waals surface area contributed by atoms with Gasteiger partial charge in [0.05, 0.1) is 12.9 Å². The third-order valence-corrected chi connectivity index (χ3v) is 4.58. The van der Waals surface area contributed by atoms with E-state index in [0.717, 1.165) is 12.1 Å². The van der Waals surface area contributed by atoms with E-state index in [1.807, 2.05) is 0 Å². The monoisotopic (exact) mass is 313 g/mol. The van der Waals surface area contributed by atoms with Crippen LogP contribution >= 0.6 is 0 Å². The fourth-order valence-electron chi connectivity index (χ4n) is 1.86. The van der Waals surface area contributed by atoms with Crippen LogP contribution < -0.4 is 10.5 Å². The summed E-state index contributed by atoms with van der Waals surface area (Å²) in [7, 11) is -2.54. The van der Waals surface area contributed by atoms with E-state index >= 15 is 0 Å². The SMILES string of the molecule is COc1cc(N)ccc1S(=O)(=O)Cc1ccc(F)cc1F. The predicted molar refractivity (Wildman–Crippen MR) is 74.7 cm³/mol. The van der Waals surface area contributed by atoms with Gasteiger partial charge in [-0.3, -0.25) is 0 Å². The summed E-state index contributed by atoms with van der Waals surface area (Å²) in [6, 6.07) is 6.83. The zero-order valence-electron chi connectivity index (χ0n) is 11.1. The van der Waals surface area contributed by atoms with E-state index in [4.69, 9.17) is 10.5 Å². The van der Waals surface area contributed by atoms with Gasteiger partial charge in [0, 0.05) is 23.4 Å². The number of benzene rings is 2. The van der Waals surface area contributed by atoms with Crippen molar-refractivity contribution < 1.29 is 21.9 Å². The maximum absolute atomic E-state index is 13.6. The van der Waals surface area contributed by atoms with Crippen LogP contribution in [0.4, 0.5) is 14.5 Å². The smallest absolute Gasteiger partial charge is 0.186 e. The van der Waals surface area contributed by atoms with Crippen LogP contribution in [0, 0.1) is 11.6 Å². The van der Waals surface area contributed by atoms with Gasteiger partial charge in [-0.15, -0.1) is 0 Å². The second-order valence-electron chi connectivity index (χ2n) is 4.41. The molecule has 2 aromatic carbocycles. The Morgan fingerprint density at radius 3 is 2.48 bits per heavy atom. The first-order valence-electron chi connectivity index (χ1n) is 5.93. The van der Waals surface area contributed by atoms with E-state index in [0.29, 0.717) is 11.8 Å². The Morgan fingerprint density at radius 1 is 1.14 bits per heavy atom. The van der Waals surface area contributed by atoms with Gasteiger partial charge in [-0.2, -0.15) is 0 Å². The highest BCUT2D eigenvalue weighted by Crippen LogP contribution is 2.29. The van der Waals surface area contributed by atoms with Crippen molar-refractivity contribution in [1.82, 2.24) is 0 Å². The fourth-order valence-corrected chi connectivity index (χ4v) is 3.39. The van der Waals surface area contributed by atoms with Crippen LogP contribution in [0.3, 0.4) is 0 Å². The standard InChI is InChI=1S/C14H13F2NO3S/c1-20-13-7-11(17)4-5-14(13)21(18,19)8-9-2-3-10(15)6-12(9)16/h2-7H,8,17H2,1H3. The molecule has 7 heteroatoms. The lowest BCUT2D eigenvalue weighted by atomic mass is 10.2. The van der Waals surface area contributed by atoms with Gasteiger partial charge in [-0.05, 0) is 18.2 Å². The summed E-state index contributed by atoms with van der Waals surface area (Å²) >= 11 is 0. The molecule has 0 aliphatic rings. The zero-order valence-corrected chi connectivity index (χ0v) is 12.0. The van der Waals surface area contributed by atoms with Crippen molar-refractivity contribution in [1.29, 1.82) is 0 Å². The molecular weight excluding hydrogens is 300 g/mol. The summed E-state index contributed by atoms with van der Waals surface area (Å²) in [5.41, 5.74) is 5.79. The van der Waals surface area contributed by atoms with Crippen molar-refractivity contribution in [3.8, 4) is 5.75 Å². The minimum atomic E-state index is -3.85. The molecule has 112 valence electrons. The lowest BCUT2D eigenvalue weighted by Gasteiger charge is -2.11. The minimum Gasteiger partial charge on any atom is -0.495 e. The molecule has 2 rings (SSSR count). The van der Waals surface area contributed by atoms with Gasteiger partial charge in [-0.25, -0.2) is 17.2 Å². The summed E-state index contributed by atoms with van der Waals surface area (Å²) in [6.07, 6.45) is 0. The molecule has 21 heavy (non-hydrogen) atoms. The first-order valence-corrected chi connectivity index (χ1v) is 7.59. The van der Waals surface area contributed by atoms with Crippen molar-refractivity contribution in [2.24, 2.45) is 0 Å². The number of hydrogen-bond donors (Lipinski definition) is 1. The van der Waals surface area contributed by atoms with Gasteiger partial charge in [0.2, 0.25) is 0 Å². The summed E-state index contributed by atoms with van der Waals surface area (Å²) < 4.78 is 56.1. The minimum absolute atomic E-state index is 0.0810. The van der Waals surface area contributed by atoms with E-state index in [1.165, 1.54) is 25.3 Å². The fraction of sp³-hybridized carbons (Fsp3) is 0.143. The number of methoxy groups -OCH3 is 1. The quantitative estimate of drug-likeness (QED) is 0.881. The topological polar surface area (TPSA) is 69.4 Å². The molecule has 0 bridgehead atoms. The van der Waals surface area contributed by atoms with Crippen molar-refractivity contribution in [3.05, 3.63) is 53.6 Å². The number of nitrogens with two attached hydrogens (primary N) is 1. The van der Waals surface area contributed by atoms with Crippen molar-refractivity contribution in [2.75, 3.05) is 12.8 Å². The Bertz CT molecular complexity index is 776. The lowest BCUT2D eigenvalue weighted by molar-refractivity contribution is 0.403. The zero-order chi connectivity index (χ0) is 15.6. The van der Waals surface area contributed by atoms with Crippen LogP contribution in [0.25, 0.3) is 0 Å². The van der Waals surface area contributed by atoms with Gasteiger partial charge in [0.1, 0.15) is 22.3 Å². The molecule has 0 radical (unpaired) electrons. The average Bonchev–Trinajstić information content (AvgIpc) is 2.41. The number of hydrogen-bond acceptors (Lipinski definition) is 4. The van der Waals surface area contributed by atoms with E-state index in [2.05, 4.69) is 0 Å². The van der Waals surface area contributed by atoms with Gasteiger partial charge >= 0.3 is 0 Å². The molecule has 0 saturated heterocycles. The number of sulfone groups is 1. The third-order valence-electron chi connectivity index (χ3n) is 2.88. The highest BCUT2D eigenvalue weighted by molar-refractivity contribution is 7.90. The Morgan fingerprint density at radius 2 is 1.86 bits per heavy atom. The van der Waals surface area contributed by atoms with Crippen LogP contribution in [0.5, 0.6) is 5.75 Å².